The van der Waals surface area contributed by atoms with Gasteiger partial charge in [-0.3, -0.25) is 9.69 Å². The van der Waals surface area contributed by atoms with Crippen LogP contribution in [0.25, 0.3) is 0 Å². The van der Waals surface area contributed by atoms with E-state index >= 15 is 0 Å². The lowest BCUT2D eigenvalue weighted by Crippen LogP contribution is -2.45. The molecule has 1 aromatic rings. The lowest BCUT2D eigenvalue weighted by molar-refractivity contribution is -0.135. The lowest BCUT2D eigenvalue weighted by atomic mass is 10.0. The second-order valence-corrected chi connectivity index (χ2v) is 5.70. The van der Waals surface area contributed by atoms with Gasteiger partial charge in [0.2, 0.25) is 0 Å². The van der Waals surface area contributed by atoms with Crippen molar-refractivity contribution in [3.05, 3.63) is 23.7 Å². The summed E-state index contributed by atoms with van der Waals surface area (Å²) >= 11 is 0. The van der Waals surface area contributed by atoms with E-state index in [2.05, 4.69) is 4.90 Å². The first-order valence-corrected chi connectivity index (χ1v) is 6.99. The molecule has 0 aromatic carbocycles. The van der Waals surface area contributed by atoms with Crippen LogP contribution in [0.1, 0.15) is 44.3 Å². The van der Waals surface area contributed by atoms with E-state index in [9.17, 15) is 9.90 Å². The van der Waals surface area contributed by atoms with Gasteiger partial charge in [-0.1, -0.05) is 0 Å². The minimum absolute atomic E-state index is 0.131. The third-order valence-corrected chi connectivity index (χ3v) is 3.93. The molecule has 0 saturated carbocycles. The molecule has 1 fully saturated rings. The Bertz CT molecular complexity index is 466. The van der Waals surface area contributed by atoms with Crippen LogP contribution < -0.4 is 0 Å². The molecule has 0 bridgehead atoms. The summed E-state index contributed by atoms with van der Waals surface area (Å²) in [5, 5.41) is 10.2. The van der Waals surface area contributed by atoms with E-state index in [-0.39, 0.29) is 11.8 Å². The van der Waals surface area contributed by atoms with Crippen LogP contribution in [0.2, 0.25) is 0 Å². The van der Waals surface area contributed by atoms with Crippen LogP contribution in [-0.2, 0) is 16.1 Å². The molecule has 1 saturated heterocycles. The van der Waals surface area contributed by atoms with Crippen LogP contribution in [0.15, 0.2) is 16.5 Å². The second kappa shape index (κ2) is 6.08. The Hall–Kier alpha value is -1.17. The number of β-amino-alcohol motifs (C(OH)–C–C–N with tert-alkyl or cyclic N) is 1. The molecule has 20 heavy (non-hydrogen) atoms. The molecule has 2 rings (SSSR count). The molecule has 2 atom stereocenters. The van der Waals surface area contributed by atoms with Crippen molar-refractivity contribution >= 4 is 5.78 Å². The third-order valence-electron chi connectivity index (χ3n) is 3.93. The van der Waals surface area contributed by atoms with Crippen molar-refractivity contribution in [3.8, 4) is 0 Å². The number of hydrogen-bond donors (Lipinski definition) is 1. The number of hydrogen-bond acceptors (Lipinski definition) is 5. The van der Waals surface area contributed by atoms with E-state index in [4.69, 9.17) is 9.15 Å². The van der Waals surface area contributed by atoms with Gasteiger partial charge in [-0.25, -0.2) is 0 Å². The van der Waals surface area contributed by atoms with E-state index in [1.165, 1.54) is 6.92 Å². The van der Waals surface area contributed by atoms with Crippen molar-refractivity contribution in [2.45, 2.75) is 44.9 Å². The van der Waals surface area contributed by atoms with E-state index in [0.717, 1.165) is 30.9 Å². The maximum atomic E-state index is 11.5. The van der Waals surface area contributed by atoms with Gasteiger partial charge in [-0.2, -0.15) is 0 Å². The molecule has 5 nitrogen and oxygen atoms in total. The van der Waals surface area contributed by atoms with Crippen molar-refractivity contribution < 1.29 is 19.1 Å². The molecular formula is C15H23NO4. The van der Waals surface area contributed by atoms with Gasteiger partial charge in [0.1, 0.15) is 23.7 Å². The molecule has 1 N–H and O–H groups in total. The highest BCUT2D eigenvalue weighted by Gasteiger charge is 2.36. The highest BCUT2D eigenvalue weighted by molar-refractivity contribution is 5.84. The lowest BCUT2D eigenvalue weighted by Gasteiger charge is -2.30. The van der Waals surface area contributed by atoms with Crippen LogP contribution in [-0.4, -0.2) is 41.6 Å². The van der Waals surface area contributed by atoms with Gasteiger partial charge in [0.05, 0.1) is 6.04 Å². The summed E-state index contributed by atoms with van der Waals surface area (Å²) < 4.78 is 10.8. The molecule has 1 aromatic heterocycles. The number of methoxy groups -OCH3 is 1. The summed E-state index contributed by atoms with van der Waals surface area (Å²) in [6, 6.07) is 4.00. The smallest absolute Gasteiger partial charge is 0.162 e. The summed E-state index contributed by atoms with van der Waals surface area (Å²) in [7, 11) is 1.63. The summed E-state index contributed by atoms with van der Waals surface area (Å²) in [5.74, 6) is 1.48. The fraction of sp³-hybridized carbons (Fsp3) is 0.667. The molecule has 5 heteroatoms. The number of ether oxygens (including phenoxy) is 1. The summed E-state index contributed by atoms with van der Waals surface area (Å²) in [6.45, 7) is 4.66. The first kappa shape index (κ1) is 15.2. The van der Waals surface area contributed by atoms with Gasteiger partial charge in [-0.15, -0.1) is 0 Å². The highest BCUT2D eigenvalue weighted by Crippen LogP contribution is 2.34. The monoisotopic (exact) mass is 281 g/mol. The Morgan fingerprint density at radius 1 is 1.60 bits per heavy atom. The molecule has 1 aliphatic rings. The van der Waals surface area contributed by atoms with Gasteiger partial charge < -0.3 is 14.3 Å². The maximum Gasteiger partial charge on any atom is 0.162 e. The fourth-order valence-corrected chi connectivity index (χ4v) is 2.64. The first-order chi connectivity index (χ1) is 9.44. The quantitative estimate of drug-likeness (QED) is 0.863. The Kier molecular flexibility index (Phi) is 4.62. The number of rotatable bonds is 6. The van der Waals surface area contributed by atoms with Crippen molar-refractivity contribution in [2.75, 3.05) is 20.2 Å². The van der Waals surface area contributed by atoms with Gasteiger partial charge in [0, 0.05) is 13.7 Å². The van der Waals surface area contributed by atoms with Crippen LogP contribution in [0.4, 0.5) is 0 Å². The minimum Gasteiger partial charge on any atom is -0.462 e. The molecule has 2 heterocycles. The maximum absolute atomic E-state index is 11.5. The molecule has 0 aliphatic carbocycles. The summed E-state index contributed by atoms with van der Waals surface area (Å²) in [6.07, 6.45) is 2.02. The molecule has 0 spiro atoms. The predicted molar refractivity (Wildman–Crippen MR) is 74.3 cm³/mol. The van der Waals surface area contributed by atoms with Crippen LogP contribution >= 0.6 is 0 Å². The topological polar surface area (TPSA) is 62.9 Å². The standard InChI is InChI=1S/C15H23NO4/c1-11(17)15(2,18)10-16-8-4-5-13(16)14-7-6-12(20-14)9-19-3/h6-7,13,18H,4-5,8-10H2,1-3H3. The molecule has 1 aliphatic heterocycles. The number of nitrogens with zero attached hydrogens (tertiary/aromatic N) is 1. The van der Waals surface area contributed by atoms with Crippen molar-refractivity contribution in [1.29, 1.82) is 0 Å². The molecule has 0 amide bonds. The zero-order valence-corrected chi connectivity index (χ0v) is 12.4. The predicted octanol–water partition coefficient (Wildman–Crippen LogP) is 1.90. The van der Waals surface area contributed by atoms with Crippen molar-refractivity contribution in [1.82, 2.24) is 4.90 Å². The molecule has 112 valence electrons. The highest BCUT2D eigenvalue weighted by atomic mass is 16.5. The van der Waals surface area contributed by atoms with Crippen LogP contribution in [0, 0.1) is 0 Å². The van der Waals surface area contributed by atoms with Gasteiger partial charge in [-0.05, 0) is 45.4 Å². The number of Topliss-reactive ketones (excluding diaryl/α,β-unsaturated/α-hetero) is 1. The van der Waals surface area contributed by atoms with E-state index in [1.54, 1.807) is 14.0 Å². The first-order valence-electron chi connectivity index (χ1n) is 6.99. The molecule has 0 radical (unpaired) electrons. The zero-order chi connectivity index (χ0) is 14.8. The van der Waals surface area contributed by atoms with Gasteiger partial charge >= 0.3 is 0 Å². The number of furan rings is 1. The second-order valence-electron chi connectivity index (χ2n) is 5.70. The van der Waals surface area contributed by atoms with Gasteiger partial charge in [0.15, 0.2) is 5.78 Å². The SMILES string of the molecule is COCc1ccc(C2CCCN2CC(C)(O)C(C)=O)o1. The number of aliphatic hydroxyl groups is 1. The Morgan fingerprint density at radius 2 is 2.35 bits per heavy atom. The van der Waals surface area contributed by atoms with E-state index < -0.39 is 5.60 Å². The largest absolute Gasteiger partial charge is 0.462 e. The van der Waals surface area contributed by atoms with Crippen LogP contribution in [0.3, 0.4) is 0 Å². The number of carbonyl (C=O) groups excluding carboxylic acids is 1. The Balaban J connectivity index is 2.08. The van der Waals surface area contributed by atoms with Crippen molar-refractivity contribution in [2.24, 2.45) is 0 Å². The number of ketones is 1. The van der Waals surface area contributed by atoms with Gasteiger partial charge in [0.25, 0.3) is 0 Å². The average Bonchev–Trinajstić information content (AvgIpc) is 2.97. The van der Waals surface area contributed by atoms with Crippen molar-refractivity contribution in [3.63, 3.8) is 0 Å². The van der Waals surface area contributed by atoms with E-state index in [1.807, 2.05) is 12.1 Å². The normalized spacial score (nSPS) is 22.9. The number of likely N-dealkylation sites (tertiary alicyclic amines) is 1. The molecule has 2 unspecified atom stereocenters. The Morgan fingerprint density at radius 3 is 3.00 bits per heavy atom. The summed E-state index contributed by atoms with van der Waals surface area (Å²) in [5.41, 5.74) is -1.30. The third kappa shape index (κ3) is 3.29. The molecular weight excluding hydrogens is 258 g/mol. The zero-order valence-electron chi connectivity index (χ0n) is 12.4. The number of carbonyl (C=O) groups is 1. The Labute approximate surface area is 119 Å². The van der Waals surface area contributed by atoms with E-state index in [0.29, 0.717) is 13.2 Å². The van der Waals surface area contributed by atoms with Crippen LogP contribution in [0.5, 0.6) is 0 Å². The average molecular weight is 281 g/mol. The minimum atomic E-state index is -1.30. The fourth-order valence-electron chi connectivity index (χ4n) is 2.64. The summed E-state index contributed by atoms with van der Waals surface area (Å²) in [4.78, 5) is 13.6.